The second-order valence-electron chi connectivity index (χ2n) is 5.44. The minimum Gasteiger partial charge on any atom is -0.480 e. The molecule has 0 bridgehead atoms. The summed E-state index contributed by atoms with van der Waals surface area (Å²) in [6, 6.07) is 1.68. The number of amides is 1. The number of piperidine rings is 1. The molecule has 1 aliphatic rings. The van der Waals surface area contributed by atoms with E-state index in [0.29, 0.717) is 23.8 Å². The number of aliphatic carboxylic acids is 1. The number of carbonyl (C=O) groups is 2. The fourth-order valence-electron chi connectivity index (χ4n) is 2.70. The highest BCUT2D eigenvalue weighted by Gasteiger charge is 2.25. The molecule has 2 rings (SSSR count). The Bertz CT molecular complexity index is 530. The van der Waals surface area contributed by atoms with Crippen LogP contribution in [0.5, 0.6) is 0 Å². The molecule has 2 N–H and O–H groups in total. The molecule has 1 aromatic rings. The summed E-state index contributed by atoms with van der Waals surface area (Å²) in [4.78, 5) is 24.8. The SMILES string of the molecule is Cn1cc(Cl)cc1C(=O)N1CCCC(CNCC(=O)O)C1. The van der Waals surface area contributed by atoms with Gasteiger partial charge < -0.3 is 19.9 Å². The number of aromatic nitrogens is 1. The average Bonchev–Trinajstić information content (AvgIpc) is 2.77. The lowest BCUT2D eigenvalue weighted by molar-refractivity contribution is -0.136. The first-order valence-electron chi connectivity index (χ1n) is 7.01. The van der Waals surface area contributed by atoms with Crippen molar-refractivity contribution in [2.45, 2.75) is 12.8 Å². The average molecular weight is 314 g/mol. The van der Waals surface area contributed by atoms with Crippen molar-refractivity contribution in [3.8, 4) is 0 Å². The summed E-state index contributed by atoms with van der Waals surface area (Å²) < 4.78 is 1.73. The van der Waals surface area contributed by atoms with Gasteiger partial charge in [0.1, 0.15) is 5.69 Å². The maximum absolute atomic E-state index is 12.5. The van der Waals surface area contributed by atoms with Gasteiger partial charge in [0, 0.05) is 32.9 Å². The van der Waals surface area contributed by atoms with Crippen LogP contribution < -0.4 is 5.32 Å². The van der Waals surface area contributed by atoms with Crippen molar-refractivity contribution in [2.75, 3.05) is 26.2 Å². The molecule has 0 saturated carbocycles. The van der Waals surface area contributed by atoms with E-state index in [9.17, 15) is 9.59 Å². The summed E-state index contributed by atoms with van der Waals surface area (Å²) in [6.07, 6.45) is 3.65. The van der Waals surface area contributed by atoms with Gasteiger partial charge in [-0.15, -0.1) is 0 Å². The van der Waals surface area contributed by atoms with Crippen LogP contribution in [-0.2, 0) is 11.8 Å². The van der Waals surface area contributed by atoms with Gasteiger partial charge in [-0.3, -0.25) is 9.59 Å². The fraction of sp³-hybridized carbons (Fsp3) is 0.571. The molecule has 0 radical (unpaired) electrons. The predicted molar refractivity (Wildman–Crippen MR) is 79.6 cm³/mol. The summed E-state index contributed by atoms with van der Waals surface area (Å²) in [5.74, 6) is -0.595. The molecule has 1 fully saturated rings. The Kier molecular flexibility index (Phi) is 5.25. The van der Waals surface area contributed by atoms with Gasteiger partial charge >= 0.3 is 5.97 Å². The van der Waals surface area contributed by atoms with Crippen LogP contribution in [0.3, 0.4) is 0 Å². The molecule has 1 atom stereocenters. The summed E-state index contributed by atoms with van der Waals surface area (Å²) in [7, 11) is 1.80. The van der Waals surface area contributed by atoms with Gasteiger partial charge in [-0.25, -0.2) is 0 Å². The lowest BCUT2D eigenvalue weighted by atomic mass is 9.97. The third kappa shape index (κ3) is 4.22. The van der Waals surface area contributed by atoms with E-state index in [2.05, 4.69) is 5.32 Å². The molecule has 6 nitrogen and oxygen atoms in total. The van der Waals surface area contributed by atoms with Crippen molar-refractivity contribution in [1.82, 2.24) is 14.8 Å². The van der Waals surface area contributed by atoms with E-state index in [0.717, 1.165) is 19.4 Å². The number of carbonyl (C=O) groups excluding carboxylic acids is 1. The quantitative estimate of drug-likeness (QED) is 0.857. The third-order valence-corrected chi connectivity index (χ3v) is 3.91. The van der Waals surface area contributed by atoms with Gasteiger partial charge in [-0.05, 0) is 24.8 Å². The number of aryl methyl sites for hydroxylation is 1. The highest BCUT2D eigenvalue weighted by Crippen LogP contribution is 2.20. The number of halogens is 1. The normalized spacial score (nSPS) is 18.8. The van der Waals surface area contributed by atoms with Crippen molar-refractivity contribution in [2.24, 2.45) is 13.0 Å². The monoisotopic (exact) mass is 313 g/mol. The molecule has 1 amide bonds. The van der Waals surface area contributed by atoms with E-state index >= 15 is 0 Å². The molecule has 0 aliphatic carbocycles. The first-order chi connectivity index (χ1) is 9.97. The number of carboxylic acids is 1. The van der Waals surface area contributed by atoms with E-state index in [-0.39, 0.29) is 18.4 Å². The molecular weight excluding hydrogens is 294 g/mol. The number of nitrogens with one attached hydrogen (secondary N) is 1. The summed E-state index contributed by atoms with van der Waals surface area (Å²) in [6.45, 7) is 1.95. The van der Waals surface area contributed by atoms with Crippen LogP contribution in [0.25, 0.3) is 0 Å². The Labute approximate surface area is 128 Å². The molecule has 1 aromatic heterocycles. The fourth-order valence-corrected chi connectivity index (χ4v) is 2.95. The maximum atomic E-state index is 12.5. The largest absolute Gasteiger partial charge is 0.480 e. The standard InChI is InChI=1S/C14H20ClN3O3/c1-17-9-11(15)5-12(17)14(21)18-4-2-3-10(8-18)6-16-7-13(19)20/h5,9-10,16H,2-4,6-8H2,1H3,(H,19,20). The first kappa shape index (κ1) is 15.9. The lowest BCUT2D eigenvalue weighted by Gasteiger charge is -2.33. The van der Waals surface area contributed by atoms with Crippen molar-refractivity contribution in [3.05, 3.63) is 23.0 Å². The first-order valence-corrected chi connectivity index (χ1v) is 7.39. The molecule has 0 aromatic carbocycles. The van der Waals surface area contributed by atoms with Gasteiger partial charge in [-0.2, -0.15) is 0 Å². The smallest absolute Gasteiger partial charge is 0.317 e. The number of hydrogen-bond acceptors (Lipinski definition) is 3. The van der Waals surface area contributed by atoms with Crippen molar-refractivity contribution in [3.63, 3.8) is 0 Å². The van der Waals surface area contributed by atoms with E-state index in [4.69, 9.17) is 16.7 Å². The number of hydrogen-bond donors (Lipinski definition) is 2. The van der Waals surface area contributed by atoms with Crippen LogP contribution >= 0.6 is 11.6 Å². The van der Waals surface area contributed by atoms with Crippen molar-refractivity contribution < 1.29 is 14.7 Å². The van der Waals surface area contributed by atoms with Gasteiger partial charge in [0.2, 0.25) is 0 Å². The summed E-state index contributed by atoms with van der Waals surface area (Å²) >= 11 is 5.92. The number of rotatable bonds is 5. The Morgan fingerprint density at radius 1 is 1.52 bits per heavy atom. The van der Waals surface area contributed by atoms with Gasteiger partial charge in [-0.1, -0.05) is 11.6 Å². The van der Waals surface area contributed by atoms with Gasteiger partial charge in [0.25, 0.3) is 5.91 Å². The van der Waals surface area contributed by atoms with Crippen molar-refractivity contribution in [1.29, 1.82) is 0 Å². The predicted octanol–water partition coefficient (Wildman–Crippen LogP) is 1.20. The second-order valence-corrected chi connectivity index (χ2v) is 5.87. The van der Waals surface area contributed by atoms with E-state index in [1.165, 1.54) is 0 Å². The Hall–Kier alpha value is -1.53. The third-order valence-electron chi connectivity index (χ3n) is 3.71. The lowest BCUT2D eigenvalue weighted by Crippen LogP contribution is -2.43. The highest BCUT2D eigenvalue weighted by molar-refractivity contribution is 6.31. The van der Waals surface area contributed by atoms with Crippen LogP contribution in [0.4, 0.5) is 0 Å². The molecule has 1 saturated heterocycles. The van der Waals surface area contributed by atoms with Crippen LogP contribution in [0.15, 0.2) is 12.3 Å². The number of carboxylic acid groups (broad SMARTS) is 1. The maximum Gasteiger partial charge on any atom is 0.317 e. The van der Waals surface area contributed by atoms with E-state index in [1.807, 2.05) is 4.90 Å². The zero-order valence-corrected chi connectivity index (χ0v) is 12.8. The topological polar surface area (TPSA) is 74.6 Å². The Balaban J connectivity index is 1.92. The Morgan fingerprint density at radius 2 is 2.29 bits per heavy atom. The van der Waals surface area contributed by atoms with Crippen LogP contribution in [-0.4, -0.2) is 52.6 Å². The van der Waals surface area contributed by atoms with Crippen LogP contribution in [0.2, 0.25) is 5.02 Å². The molecule has 7 heteroatoms. The number of likely N-dealkylation sites (tertiary alicyclic amines) is 1. The molecule has 2 heterocycles. The number of nitrogens with zero attached hydrogens (tertiary/aromatic N) is 2. The zero-order valence-electron chi connectivity index (χ0n) is 12.0. The Morgan fingerprint density at radius 3 is 2.90 bits per heavy atom. The van der Waals surface area contributed by atoms with E-state index < -0.39 is 5.97 Å². The van der Waals surface area contributed by atoms with Gasteiger partial charge in [0.15, 0.2) is 0 Å². The molecular formula is C14H20ClN3O3. The van der Waals surface area contributed by atoms with Crippen molar-refractivity contribution >= 4 is 23.5 Å². The minimum absolute atomic E-state index is 0.0210. The molecule has 1 unspecified atom stereocenters. The molecule has 0 spiro atoms. The molecule has 116 valence electrons. The molecule has 21 heavy (non-hydrogen) atoms. The summed E-state index contributed by atoms with van der Waals surface area (Å²) in [5.41, 5.74) is 0.583. The minimum atomic E-state index is -0.864. The molecule has 1 aliphatic heterocycles. The van der Waals surface area contributed by atoms with Crippen LogP contribution in [0, 0.1) is 5.92 Å². The summed E-state index contributed by atoms with van der Waals surface area (Å²) in [5, 5.41) is 12.1. The van der Waals surface area contributed by atoms with Crippen LogP contribution in [0.1, 0.15) is 23.3 Å². The second kappa shape index (κ2) is 6.95. The zero-order chi connectivity index (χ0) is 15.4. The van der Waals surface area contributed by atoms with E-state index in [1.54, 1.807) is 23.9 Å². The van der Waals surface area contributed by atoms with Gasteiger partial charge in [0.05, 0.1) is 11.6 Å². The highest BCUT2D eigenvalue weighted by atomic mass is 35.5.